The first-order valence-corrected chi connectivity index (χ1v) is 11.1. The maximum atomic E-state index is 13.0. The fraction of sp³-hybridized carbons (Fsp3) is 0.381. The van der Waals surface area contributed by atoms with E-state index in [-0.39, 0.29) is 17.3 Å². The first-order valence-electron chi connectivity index (χ1n) is 9.66. The van der Waals surface area contributed by atoms with Gasteiger partial charge in [-0.15, -0.1) is 0 Å². The van der Waals surface area contributed by atoms with Gasteiger partial charge >= 0.3 is 0 Å². The van der Waals surface area contributed by atoms with Crippen molar-refractivity contribution in [2.45, 2.75) is 24.3 Å². The van der Waals surface area contributed by atoms with Crippen molar-refractivity contribution in [1.82, 2.24) is 9.21 Å². The number of benzene rings is 2. The van der Waals surface area contributed by atoms with Crippen LogP contribution in [0.5, 0.6) is 11.5 Å². The van der Waals surface area contributed by atoms with Crippen LogP contribution in [-0.4, -0.2) is 56.9 Å². The normalized spacial score (nSPS) is 16.3. The summed E-state index contributed by atoms with van der Waals surface area (Å²) in [5, 5.41) is 0. The van der Waals surface area contributed by atoms with Crippen LogP contribution in [0.2, 0.25) is 0 Å². The molecule has 2 aromatic carbocycles. The Kier molecular flexibility index (Phi) is 5.47. The second-order valence-electron chi connectivity index (χ2n) is 7.25. The molecule has 0 radical (unpaired) electrons. The molecule has 154 valence electrons. The Morgan fingerprint density at radius 1 is 1.07 bits per heavy atom. The van der Waals surface area contributed by atoms with Crippen LogP contribution in [0.15, 0.2) is 47.4 Å². The number of hydrogen-bond donors (Lipinski definition) is 0. The molecule has 0 spiro atoms. The molecular weight excluding hydrogens is 392 g/mol. The standard InChI is InChI=1S/C21H24N2O5S/c1-22(15-21(24)23-10-9-16-5-2-3-6-17(16)14-23)29(25,26)18-7-8-19-20(13-18)28-12-4-11-27-19/h2-3,5-8,13H,4,9-12,14-15H2,1H3. The van der Waals surface area contributed by atoms with Gasteiger partial charge in [0.1, 0.15) is 0 Å². The summed E-state index contributed by atoms with van der Waals surface area (Å²) < 4.78 is 38.2. The number of fused-ring (bicyclic) bond motifs is 2. The lowest BCUT2D eigenvalue weighted by Crippen LogP contribution is -2.43. The SMILES string of the molecule is CN(CC(=O)N1CCc2ccccc2C1)S(=O)(=O)c1ccc2c(c1)OCCCO2. The predicted octanol–water partition coefficient (Wildman–Crippen LogP) is 2.05. The molecule has 0 fully saturated rings. The van der Waals surface area contributed by atoms with Gasteiger partial charge in [-0.1, -0.05) is 24.3 Å². The van der Waals surface area contributed by atoms with E-state index in [0.717, 1.165) is 22.7 Å². The number of sulfonamides is 1. The van der Waals surface area contributed by atoms with Crippen molar-refractivity contribution in [3.8, 4) is 11.5 Å². The van der Waals surface area contributed by atoms with Gasteiger partial charge in [0.15, 0.2) is 11.5 Å². The molecule has 0 aromatic heterocycles. The Morgan fingerprint density at radius 3 is 2.59 bits per heavy atom. The van der Waals surface area contributed by atoms with Gasteiger partial charge in [0.2, 0.25) is 15.9 Å². The highest BCUT2D eigenvalue weighted by Crippen LogP contribution is 2.32. The molecule has 29 heavy (non-hydrogen) atoms. The molecule has 0 unspecified atom stereocenters. The van der Waals surface area contributed by atoms with E-state index in [4.69, 9.17) is 9.47 Å². The number of carbonyl (C=O) groups is 1. The zero-order chi connectivity index (χ0) is 20.4. The van der Waals surface area contributed by atoms with Crippen LogP contribution in [0, 0.1) is 0 Å². The number of likely N-dealkylation sites (N-methyl/N-ethyl adjacent to an activating group) is 1. The number of hydrogen-bond acceptors (Lipinski definition) is 5. The third kappa shape index (κ3) is 4.09. The first kappa shape index (κ1) is 19.7. The molecule has 0 aliphatic carbocycles. The topological polar surface area (TPSA) is 76.2 Å². The molecule has 1 amide bonds. The van der Waals surface area contributed by atoms with Gasteiger partial charge in [0.05, 0.1) is 24.7 Å². The summed E-state index contributed by atoms with van der Waals surface area (Å²) >= 11 is 0. The number of nitrogens with zero attached hydrogens (tertiary/aromatic N) is 2. The zero-order valence-corrected chi connectivity index (χ0v) is 17.2. The van der Waals surface area contributed by atoms with Gasteiger partial charge in [0, 0.05) is 32.6 Å². The van der Waals surface area contributed by atoms with Crippen LogP contribution in [0.1, 0.15) is 17.5 Å². The number of amides is 1. The average molecular weight is 416 g/mol. The summed E-state index contributed by atoms with van der Waals surface area (Å²) in [7, 11) is -2.40. The van der Waals surface area contributed by atoms with E-state index in [2.05, 4.69) is 6.07 Å². The Labute approximate surface area is 170 Å². The fourth-order valence-corrected chi connectivity index (χ4v) is 4.70. The second-order valence-corrected chi connectivity index (χ2v) is 9.30. The molecule has 0 saturated heterocycles. The van der Waals surface area contributed by atoms with Crippen molar-refractivity contribution in [3.63, 3.8) is 0 Å². The van der Waals surface area contributed by atoms with Crippen LogP contribution in [0.3, 0.4) is 0 Å². The van der Waals surface area contributed by atoms with Crippen LogP contribution >= 0.6 is 0 Å². The summed E-state index contributed by atoms with van der Waals surface area (Å²) in [4.78, 5) is 14.5. The Bertz CT molecular complexity index is 1020. The van der Waals surface area contributed by atoms with Gasteiger partial charge in [-0.05, 0) is 29.7 Å². The lowest BCUT2D eigenvalue weighted by Gasteiger charge is -2.30. The van der Waals surface area contributed by atoms with Gasteiger partial charge in [-0.2, -0.15) is 4.31 Å². The molecule has 2 aromatic rings. The number of ether oxygens (including phenoxy) is 2. The number of carbonyl (C=O) groups excluding carboxylic acids is 1. The minimum Gasteiger partial charge on any atom is -0.490 e. The highest BCUT2D eigenvalue weighted by Gasteiger charge is 2.28. The van der Waals surface area contributed by atoms with Crippen molar-refractivity contribution in [2.24, 2.45) is 0 Å². The Morgan fingerprint density at radius 2 is 1.79 bits per heavy atom. The third-order valence-corrected chi connectivity index (χ3v) is 7.07. The maximum Gasteiger partial charge on any atom is 0.243 e. The monoisotopic (exact) mass is 416 g/mol. The molecular formula is C21H24N2O5S. The van der Waals surface area contributed by atoms with Crippen molar-refractivity contribution in [3.05, 3.63) is 53.6 Å². The summed E-state index contributed by atoms with van der Waals surface area (Å²) in [6.07, 6.45) is 1.52. The summed E-state index contributed by atoms with van der Waals surface area (Å²) in [6.45, 7) is 1.90. The Hall–Kier alpha value is -2.58. The van der Waals surface area contributed by atoms with Gasteiger partial charge in [-0.3, -0.25) is 4.79 Å². The molecule has 0 N–H and O–H groups in total. The molecule has 2 heterocycles. The summed E-state index contributed by atoms with van der Waals surface area (Å²) in [6, 6.07) is 12.6. The lowest BCUT2D eigenvalue weighted by atomic mass is 10.00. The van der Waals surface area contributed by atoms with Crippen LogP contribution in [0.25, 0.3) is 0 Å². The van der Waals surface area contributed by atoms with Crippen molar-refractivity contribution in [2.75, 3.05) is 33.4 Å². The summed E-state index contributed by atoms with van der Waals surface area (Å²) in [5.74, 6) is 0.739. The third-order valence-electron chi connectivity index (χ3n) is 5.27. The van der Waals surface area contributed by atoms with Crippen molar-refractivity contribution in [1.29, 1.82) is 0 Å². The maximum absolute atomic E-state index is 13.0. The van der Waals surface area contributed by atoms with E-state index in [0.29, 0.717) is 37.8 Å². The van der Waals surface area contributed by atoms with Gasteiger partial charge in [-0.25, -0.2) is 8.42 Å². The number of rotatable bonds is 4. The molecule has 2 aliphatic heterocycles. The molecule has 0 bridgehead atoms. The van der Waals surface area contributed by atoms with Crippen molar-refractivity contribution < 1.29 is 22.7 Å². The average Bonchev–Trinajstić information content (AvgIpc) is 2.98. The molecule has 7 nitrogen and oxygen atoms in total. The molecule has 0 atom stereocenters. The van der Waals surface area contributed by atoms with E-state index in [1.807, 2.05) is 18.2 Å². The second kappa shape index (κ2) is 8.04. The van der Waals surface area contributed by atoms with Gasteiger partial charge in [0.25, 0.3) is 0 Å². The molecule has 8 heteroatoms. The van der Waals surface area contributed by atoms with Gasteiger partial charge < -0.3 is 14.4 Å². The molecule has 2 aliphatic rings. The van der Waals surface area contributed by atoms with E-state index in [1.165, 1.54) is 24.7 Å². The quantitative estimate of drug-likeness (QED) is 0.763. The van der Waals surface area contributed by atoms with E-state index >= 15 is 0 Å². The molecule has 4 rings (SSSR count). The fourth-order valence-electron chi connectivity index (χ4n) is 3.57. The van der Waals surface area contributed by atoms with E-state index in [1.54, 1.807) is 11.0 Å². The highest BCUT2D eigenvalue weighted by atomic mass is 32.2. The predicted molar refractivity (Wildman–Crippen MR) is 107 cm³/mol. The molecule has 0 saturated carbocycles. The zero-order valence-electron chi connectivity index (χ0n) is 16.3. The van der Waals surface area contributed by atoms with E-state index in [9.17, 15) is 13.2 Å². The smallest absolute Gasteiger partial charge is 0.243 e. The first-order chi connectivity index (χ1) is 13.9. The van der Waals surface area contributed by atoms with Crippen LogP contribution in [-0.2, 0) is 27.8 Å². The lowest BCUT2D eigenvalue weighted by molar-refractivity contribution is -0.132. The van der Waals surface area contributed by atoms with E-state index < -0.39 is 10.0 Å². The highest BCUT2D eigenvalue weighted by molar-refractivity contribution is 7.89. The van der Waals surface area contributed by atoms with Crippen LogP contribution < -0.4 is 9.47 Å². The Balaban J connectivity index is 1.47. The van der Waals surface area contributed by atoms with Crippen LogP contribution in [0.4, 0.5) is 0 Å². The summed E-state index contributed by atoms with van der Waals surface area (Å²) in [5.41, 5.74) is 2.35. The minimum absolute atomic E-state index is 0.0843. The minimum atomic E-state index is -3.83. The largest absolute Gasteiger partial charge is 0.490 e. The van der Waals surface area contributed by atoms with Crippen molar-refractivity contribution >= 4 is 15.9 Å².